The lowest BCUT2D eigenvalue weighted by molar-refractivity contribution is 0.730. The fraction of sp³-hybridized carbons (Fsp3) is 0.308. The molecule has 1 aromatic carbocycles. The van der Waals surface area contributed by atoms with Crippen molar-refractivity contribution in [3.05, 3.63) is 44.1 Å². The Morgan fingerprint density at radius 1 is 1.28 bits per heavy atom. The summed E-state index contributed by atoms with van der Waals surface area (Å²) in [5.41, 5.74) is 4.62. The monoisotopic (exact) mass is 371 g/mol. The zero-order valence-electron chi connectivity index (χ0n) is 10.6. The van der Waals surface area contributed by atoms with E-state index in [-0.39, 0.29) is 0 Å². The predicted octanol–water partition coefficient (Wildman–Crippen LogP) is 4.17. The highest BCUT2D eigenvalue weighted by molar-refractivity contribution is 9.11. The van der Waals surface area contributed by atoms with E-state index in [1.807, 2.05) is 30.8 Å². The molecule has 0 atom stereocenters. The molecule has 1 heterocycles. The SMILES string of the molecule is Cc1nn(C)c(C)c1CNc1ccc(Br)cc1Br. The van der Waals surface area contributed by atoms with E-state index in [1.165, 1.54) is 11.3 Å². The molecule has 0 unspecified atom stereocenters. The van der Waals surface area contributed by atoms with E-state index in [1.54, 1.807) is 0 Å². The summed E-state index contributed by atoms with van der Waals surface area (Å²) >= 11 is 7.00. The molecule has 0 spiro atoms. The molecule has 1 N–H and O–H groups in total. The van der Waals surface area contributed by atoms with Gasteiger partial charge in [-0.1, -0.05) is 15.9 Å². The number of anilines is 1. The van der Waals surface area contributed by atoms with Gasteiger partial charge < -0.3 is 5.32 Å². The zero-order chi connectivity index (χ0) is 13.3. The van der Waals surface area contributed by atoms with Gasteiger partial charge in [-0.25, -0.2) is 0 Å². The largest absolute Gasteiger partial charge is 0.380 e. The van der Waals surface area contributed by atoms with Crippen LogP contribution in [0.15, 0.2) is 27.1 Å². The highest BCUT2D eigenvalue weighted by atomic mass is 79.9. The summed E-state index contributed by atoms with van der Waals surface area (Å²) in [6.07, 6.45) is 0. The molecular formula is C13H15Br2N3. The Bertz CT molecular complexity index is 576. The fourth-order valence-electron chi connectivity index (χ4n) is 1.89. The Balaban J connectivity index is 2.16. The molecule has 18 heavy (non-hydrogen) atoms. The second-order valence-corrected chi connectivity index (χ2v) is 6.02. The summed E-state index contributed by atoms with van der Waals surface area (Å²) in [7, 11) is 1.97. The van der Waals surface area contributed by atoms with Crippen LogP contribution < -0.4 is 5.32 Å². The Morgan fingerprint density at radius 3 is 2.56 bits per heavy atom. The predicted molar refractivity (Wildman–Crippen MR) is 81.9 cm³/mol. The van der Waals surface area contributed by atoms with Gasteiger partial charge >= 0.3 is 0 Å². The van der Waals surface area contributed by atoms with Crippen molar-refractivity contribution in [2.45, 2.75) is 20.4 Å². The van der Waals surface area contributed by atoms with Gasteiger partial charge in [-0.15, -0.1) is 0 Å². The van der Waals surface area contributed by atoms with Crippen LogP contribution in [0.4, 0.5) is 5.69 Å². The molecule has 0 bridgehead atoms. The van der Waals surface area contributed by atoms with Gasteiger partial charge in [0.25, 0.3) is 0 Å². The van der Waals surface area contributed by atoms with Crippen molar-refractivity contribution in [1.29, 1.82) is 0 Å². The number of hydrogen-bond donors (Lipinski definition) is 1. The molecule has 2 rings (SSSR count). The minimum atomic E-state index is 0.783. The summed E-state index contributed by atoms with van der Waals surface area (Å²) in [5, 5.41) is 7.85. The summed E-state index contributed by atoms with van der Waals surface area (Å²) in [4.78, 5) is 0. The van der Waals surface area contributed by atoms with E-state index < -0.39 is 0 Å². The van der Waals surface area contributed by atoms with Gasteiger partial charge in [0.2, 0.25) is 0 Å². The first-order chi connectivity index (χ1) is 8.49. The standard InChI is InChI=1S/C13H15Br2N3/c1-8-11(9(2)18(3)17-8)7-16-13-5-4-10(14)6-12(13)15/h4-6,16H,7H2,1-3H3. The molecular weight excluding hydrogens is 358 g/mol. The quantitative estimate of drug-likeness (QED) is 0.875. The second kappa shape index (κ2) is 5.45. The van der Waals surface area contributed by atoms with Crippen molar-refractivity contribution >= 4 is 37.5 Å². The number of nitrogens with zero attached hydrogens (tertiary/aromatic N) is 2. The molecule has 3 nitrogen and oxygen atoms in total. The van der Waals surface area contributed by atoms with Crippen LogP contribution in [0.1, 0.15) is 17.0 Å². The van der Waals surface area contributed by atoms with Crippen LogP contribution in [0.5, 0.6) is 0 Å². The van der Waals surface area contributed by atoms with Gasteiger partial charge in [0.05, 0.1) is 5.69 Å². The van der Waals surface area contributed by atoms with Crippen molar-refractivity contribution < 1.29 is 0 Å². The van der Waals surface area contributed by atoms with Gasteiger partial charge in [-0.05, 0) is 48.0 Å². The Kier molecular flexibility index (Phi) is 4.12. The van der Waals surface area contributed by atoms with Gasteiger partial charge in [0.1, 0.15) is 0 Å². The average molecular weight is 373 g/mol. The third kappa shape index (κ3) is 2.78. The van der Waals surface area contributed by atoms with Crippen molar-refractivity contribution in [2.75, 3.05) is 5.32 Å². The number of aryl methyl sites for hydroxylation is 2. The van der Waals surface area contributed by atoms with E-state index in [4.69, 9.17) is 0 Å². The first-order valence-electron chi connectivity index (χ1n) is 5.67. The maximum absolute atomic E-state index is 4.42. The highest BCUT2D eigenvalue weighted by Crippen LogP contribution is 2.27. The first-order valence-corrected chi connectivity index (χ1v) is 7.25. The molecule has 0 fully saturated rings. The topological polar surface area (TPSA) is 29.9 Å². The minimum absolute atomic E-state index is 0.783. The molecule has 0 saturated heterocycles. The average Bonchev–Trinajstić information content (AvgIpc) is 2.53. The lowest BCUT2D eigenvalue weighted by Gasteiger charge is -2.09. The Morgan fingerprint density at radius 2 is 2.00 bits per heavy atom. The van der Waals surface area contributed by atoms with Crippen molar-refractivity contribution in [3.63, 3.8) is 0 Å². The van der Waals surface area contributed by atoms with Crippen LogP contribution in [-0.2, 0) is 13.6 Å². The molecule has 0 saturated carbocycles. The van der Waals surface area contributed by atoms with Gasteiger partial charge in [0, 0.05) is 39.5 Å². The van der Waals surface area contributed by atoms with E-state index in [9.17, 15) is 0 Å². The molecule has 0 aliphatic carbocycles. The number of benzene rings is 1. The van der Waals surface area contributed by atoms with Gasteiger partial charge in [-0.2, -0.15) is 5.10 Å². The van der Waals surface area contributed by atoms with Crippen LogP contribution in [0.2, 0.25) is 0 Å². The molecule has 0 amide bonds. The number of nitrogens with one attached hydrogen (secondary N) is 1. The van der Waals surface area contributed by atoms with Crippen LogP contribution in [0, 0.1) is 13.8 Å². The van der Waals surface area contributed by atoms with Crippen LogP contribution in [-0.4, -0.2) is 9.78 Å². The van der Waals surface area contributed by atoms with E-state index in [0.717, 1.165) is 26.9 Å². The zero-order valence-corrected chi connectivity index (χ0v) is 13.8. The molecule has 2 aromatic rings. The number of hydrogen-bond acceptors (Lipinski definition) is 2. The molecule has 0 aliphatic rings. The normalized spacial score (nSPS) is 10.7. The van der Waals surface area contributed by atoms with E-state index in [0.29, 0.717) is 0 Å². The van der Waals surface area contributed by atoms with Gasteiger partial charge in [0.15, 0.2) is 0 Å². The van der Waals surface area contributed by atoms with Crippen molar-refractivity contribution in [1.82, 2.24) is 9.78 Å². The maximum atomic E-state index is 4.42. The third-order valence-electron chi connectivity index (χ3n) is 3.05. The summed E-state index contributed by atoms with van der Waals surface area (Å²) in [5.74, 6) is 0. The third-order valence-corrected chi connectivity index (χ3v) is 4.19. The fourth-order valence-corrected chi connectivity index (χ4v) is 3.08. The molecule has 1 aromatic heterocycles. The van der Waals surface area contributed by atoms with Crippen LogP contribution in [0.25, 0.3) is 0 Å². The summed E-state index contributed by atoms with van der Waals surface area (Å²) in [6.45, 7) is 4.92. The molecule has 0 aliphatic heterocycles. The Labute approximate surface area is 124 Å². The highest BCUT2D eigenvalue weighted by Gasteiger charge is 2.09. The van der Waals surface area contributed by atoms with Crippen LogP contribution in [0.3, 0.4) is 0 Å². The maximum Gasteiger partial charge on any atom is 0.0646 e. The van der Waals surface area contributed by atoms with Gasteiger partial charge in [-0.3, -0.25) is 4.68 Å². The smallest absolute Gasteiger partial charge is 0.0646 e. The lowest BCUT2D eigenvalue weighted by atomic mass is 10.2. The van der Waals surface area contributed by atoms with E-state index in [2.05, 4.69) is 55.3 Å². The van der Waals surface area contributed by atoms with E-state index >= 15 is 0 Å². The van der Waals surface area contributed by atoms with Crippen LogP contribution >= 0.6 is 31.9 Å². The first kappa shape index (κ1) is 13.6. The minimum Gasteiger partial charge on any atom is -0.380 e. The lowest BCUT2D eigenvalue weighted by Crippen LogP contribution is -2.02. The second-order valence-electron chi connectivity index (χ2n) is 4.25. The number of aromatic nitrogens is 2. The molecule has 96 valence electrons. The molecule has 5 heteroatoms. The number of rotatable bonds is 3. The summed E-state index contributed by atoms with van der Waals surface area (Å²) < 4.78 is 4.04. The summed E-state index contributed by atoms with van der Waals surface area (Å²) in [6, 6.07) is 6.11. The van der Waals surface area contributed by atoms with Crippen molar-refractivity contribution in [2.24, 2.45) is 7.05 Å². The Hall–Kier alpha value is -0.810. The molecule has 0 radical (unpaired) electrons. The number of halogens is 2. The van der Waals surface area contributed by atoms with Crippen molar-refractivity contribution in [3.8, 4) is 0 Å².